The lowest BCUT2D eigenvalue weighted by Gasteiger charge is -2.43. The molecule has 0 bridgehead atoms. The Morgan fingerprint density at radius 3 is 2.55 bits per heavy atom. The molecule has 0 saturated carbocycles. The van der Waals surface area contributed by atoms with Gasteiger partial charge in [0.05, 0.1) is 13.2 Å². The minimum atomic E-state index is -0.266. The number of rotatable bonds is 7. The van der Waals surface area contributed by atoms with Crippen molar-refractivity contribution < 1.29 is 14.3 Å². The second-order valence-electron chi connectivity index (χ2n) is 7.13. The number of carbonyl (C=O) groups is 2. The predicted molar refractivity (Wildman–Crippen MR) is 115 cm³/mol. The SMILES string of the molecule is CCC(C)(CNC(=O)Nc1ccc(C(=O)Nc2nccs2)cc1)N1CCOCC1. The molecule has 0 radical (unpaired) electrons. The Hall–Kier alpha value is -2.49. The number of hydrogen-bond donors (Lipinski definition) is 3. The quantitative estimate of drug-likeness (QED) is 0.644. The van der Waals surface area contributed by atoms with Crippen LogP contribution in [0.25, 0.3) is 0 Å². The molecule has 156 valence electrons. The van der Waals surface area contributed by atoms with Gasteiger partial charge in [0.1, 0.15) is 0 Å². The van der Waals surface area contributed by atoms with E-state index in [2.05, 4.69) is 39.7 Å². The van der Waals surface area contributed by atoms with E-state index < -0.39 is 0 Å². The van der Waals surface area contributed by atoms with Gasteiger partial charge >= 0.3 is 6.03 Å². The van der Waals surface area contributed by atoms with Gasteiger partial charge in [0.25, 0.3) is 5.91 Å². The van der Waals surface area contributed by atoms with Gasteiger partial charge in [-0.3, -0.25) is 15.0 Å². The number of nitrogens with one attached hydrogen (secondary N) is 3. The average Bonchev–Trinajstić information content (AvgIpc) is 3.26. The Morgan fingerprint density at radius 2 is 1.93 bits per heavy atom. The number of ether oxygens (including phenoxy) is 1. The highest BCUT2D eigenvalue weighted by molar-refractivity contribution is 7.13. The van der Waals surface area contributed by atoms with Crippen LogP contribution in [0.3, 0.4) is 0 Å². The molecule has 1 aliphatic heterocycles. The lowest BCUT2D eigenvalue weighted by molar-refractivity contribution is -0.0163. The Labute approximate surface area is 174 Å². The number of thiazole rings is 1. The maximum absolute atomic E-state index is 12.3. The molecule has 9 heteroatoms. The number of carbonyl (C=O) groups excluding carboxylic acids is 2. The first-order chi connectivity index (χ1) is 14.0. The summed E-state index contributed by atoms with van der Waals surface area (Å²) in [5.74, 6) is -0.236. The summed E-state index contributed by atoms with van der Waals surface area (Å²) in [5, 5.41) is 10.9. The highest BCUT2D eigenvalue weighted by Gasteiger charge is 2.31. The number of amides is 3. The van der Waals surface area contributed by atoms with Gasteiger partial charge in [-0.25, -0.2) is 9.78 Å². The smallest absolute Gasteiger partial charge is 0.319 e. The van der Waals surface area contributed by atoms with E-state index in [4.69, 9.17) is 4.74 Å². The van der Waals surface area contributed by atoms with Crippen molar-refractivity contribution in [3.63, 3.8) is 0 Å². The largest absolute Gasteiger partial charge is 0.379 e. The lowest BCUT2D eigenvalue weighted by Crippen LogP contribution is -2.57. The standard InChI is InChI=1S/C20H27N5O3S/c1-3-20(2,25-9-11-28-12-10-25)14-22-18(27)23-16-6-4-15(5-7-16)17(26)24-19-21-8-13-29-19/h4-8,13H,3,9-12,14H2,1-2H3,(H,21,24,26)(H2,22,23,27). The topological polar surface area (TPSA) is 95.6 Å². The fourth-order valence-electron chi connectivity index (χ4n) is 3.17. The summed E-state index contributed by atoms with van der Waals surface area (Å²) in [7, 11) is 0. The first-order valence-electron chi connectivity index (χ1n) is 9.69. The predicted octanol–water partition coefficient (Wildman–Crippen LogP) is 3.02. The van der Waals surface area contributed by atoms with E-state index in [9.17, 15) is 9.59 Å². The zero-order chi connectivity index (χ0) is 20.7. The van der Waals surface area contributed by atoms with Crippen LogP contribution in [-0.2, 0) is 4.74 Å². The fraction of sp³-hybridized carbons (Fsp3) is 0.450. The molecule has 3 amide bonds. The number of aromatic nitrogens is 1. The zero-order valence-corrected chi connectivity index (χ0v) is 17.6. The van der Waals surface area contributed by atoms with Gasteiger partial charge in [0.2, 0.25) is 0 Å². The summed E-state index contributed by atoms with van der Waals surface area (Å²) in [6.45, 7) is 8.04. The number of nitrogens with zero attached hydrogens (tertiary/aromatic N) is 2. The molecule has 1 atom stereocenters. The molecule has 1 aromatic carbocycles. The third-order valence-corrected chi connectivity index (χ3v) is 5.91. The molecule has 3 rings (SSSR count). The Kier molecular flexibility index (Phi) is 7.18. The van der Waals surface area contributed by atoms with Gasteiger partial charge in [0.15, 0.2) is 5.13 Å². The number of urea groups is 1. The van der Waals surface area contributed by atoms with E-state index in [0.717, 1.165) is 32.7 Å². The van der Waals surface area contributed by atoms with Crippen LogP contribution >= 0.6 is 11.3 Å². The minimum Gasteiger partial charge on any atom is -0.379 e. The van der Waals surface area contributed by atoms with E-state index in [1.807, 2.05) is 0 Å². The van der Waals surface area contributed by atoms with E-state index in [1.54, 1.807) is 35.8 Å². The molecule has 0 spiro atoms. The molecule has 29 heavy (non-hydrogen) atoms. The highest BCUT2D eigenvalue weighted by Crippen LogP contribution is 2.20. The third kappa shape index (κ3) is 5.75. The van der Waals surface area contributed by atoms with Crippen LogP contribution in [0.2, 0.25) is 0 Å². The number of benzene rings is 1. The first kappa shape index (κ1) is 21.2. The minimum absolute atomic E-state index is 0.112. The van der Waals surface area contributed by atoms with Crippen molar-refractivity contribution in [2.24, 2.45) is 0 Å². The monoisotopic (exact) mass is 417 g/mol. The summed E-state index contributed by atoms with van der Waals surface area (Å²) < 4.78 is 5.43. The van der Waals surface area contributed by atoms with Crippen LogP contribution in [0.4, 0.5) is 15.6 Å². The Balaban J connectivity index is 1.50. The summed E-state index contributed by atoms with van der Waals surface area (Å²) in [5.41, 5.74) is 1.01. The molecule has 1 aliphatic rings. The van der Waals surface area contributed by atoms with Crippen molar-refractivity contribution in [3.05, 3.63) is 41.4 Å². The molecule has 2 heterocycles. The molecule has 2 aromatic rings. The Bertz CT molecular complexity index is 806. The first-order valence-corrected chi connectivity index (χ1v) is 10.6. The van der Waals surface area contributed by atoms with Gasteiger partial charge in [-0.2, -0.15) is 0 Å². The number of morpholine rings is 1. The van der Waals surface area contributed by atoms with Crippen molar-refractivity contribution in [3.8, 4) is 0 Å². The lowest BCUT2D eigenvalue weighted by atomic mass is 9.95. The molecule has 1 saturated heterocycles. The van der Waals surface area contributed by atoms with Gasteiger partial charge in [-0.15, -0.1) is 11.3 Å². The van der Waals surface area contributed by atoms with Crippen molar-refractivity contribution >= 4 is 34.1 Å². The van der Waals surface area contributed by atoms with E-state index in [0.29, 0.717) is 22.9 Å². The van der Waals surface area contributed by atoms with Crippen LogP contribution in [-0.4, -0.2) is 60.2 Å². The van der Waals surface area contributed by atoms with Gasteiger partial charge in [-0.1, -0.05) is 6.92 Å². The molecular weight excluding hydrogens is 390 g/mol. The average molecular weight is 418 g/mol. The zero-order valence-electron chi connectivity index (χ0n) is 16.7. The molecular formula is C20H27N5O3S. The van der Waals surface area contributed by atoms with E-state index in [-0.39, 0.29) is 17.5 Å². The van der Waals surface area contributed by atoms with Gasteiger partial charge < -0.3 is 15.4 Å². The van der Waals surface area contributed by atoms with Crippen LogP contribution in [0.1, 0.15) is 30.6 Å². The molecule has 3 N–H and O–H groups in total. The summed E-state index contributed by atoms with van der Waals surface area (Å²) >= 11 is 1.36. The van der Waals surface area contributed by atoms with Crippen molar-refractivity contribution in [2.75, 3.05) is 43.5 Å². The highest BCUT2D eigenvalue weighted by atomic mass is 32.1. The summed E-state index contributed by atoms with van der Waals surface area (Å²) in [6, 6.07) is 6.48. The number of anilines is 2. The normalized spacial score (nSPS) is 16.6. The molecule has 0 aliphatic carbocycles. The van der Waals surface area contributed by atoms with Crippen LogP contribution in [0.5, 0.6) is 0 Å². The third-order valence-electron chi connectivity index (χ3n) is 5.22. The summed E-state index contributed by atoms with van der Waals surface area (Å²) in [6.07, 6.45) is 2.56. The summed E-state index contributed by atoms with van der Waals surface area (Å²) in [4.78, 5) is 30.9. The maximum atomic E-state index is 12.3. The molecule has 8 nitrogen and oxygen atoms in total. The van der Waals surface area contributed by atoms with Crippen LogP contribution in [0.15, 0.2) is 35.8 Å². The fourth-order valence-corrected chi connectivity index (χ4v) is 3.69. The van der Waals surface area contributed by atoms with Crippen molar-refractivity contribution in [2.45, 2.75) is 25.8 Å². The van der Waals surface area contributed by atoms with Crippen molar-refractivity contribution in [1.82, 2.24) is 15.2 Å². The van der Waals surface area contributed by atoms with E-state index in [1.165, 1.54) is 11.3 Å². The molecule has 1 fully saturated rings. The number of hydrogen-bond acceptors (Lipinski definition) is 6. The van der Waals surface area contributed by atoms with Gasteiger partial charge in [-0.05, 0) is 37.6 Å². The molecule has 1 aromatic heterocycles. The molecule has 1 unspecified atom stereocenters. The maximum Gasteiger partial charge on any atom is 0.319 e. The van der Waals surface area contributed by atoms with Crippen molar-refractivity contribution in [1.29, 1.82) is 0 Å². The second-order valence-corrected chi connectivity index (χ2v) is 8.02. The second kappa shape index (κ2) is 9.82. The van der Waals surface area contributed by atoms with Crippen LogP contribution < -0.4 is 16.0 Å². The Morgan fingerprint density at radius 1 is 1.21 bits per heavy atom. The van der Waals surface area contributed by atoms with E-state index >= 15 is 0 Å². The van der Waals surface area contributed by atoms with Crippen LogP contribution in [0, 0.1) is 0 Å². The van der Waals surface area contributed by atoms with Gasteiger partial charge in [0, 0.05) is 48.0 Å².